The topological polar surface area (TPSA) is 66.5 Å². The first-order chi connectivity index (χ1) is 15.9. The first-order valence-corrected chi connectivity index (χ1v) is 13.1. The van der Waals surface area contributed by atoms with Gasteiger partial charge in [-0.05, 0) is 59.5 Å². The highest BCUT2D eigenvalue weighted by Gasteiger charge is 2.07. The van der Waals surface area contributed by atoms with Crippen LogP contribution in [0.3, 0.4) is 0 Å². The van der Waals surface area contributed by atoms with E-state index in [1.165, 1.54) is 25.7 Å². The number of hydrogen-bond acceptors (Lipinski definition) is 1. The third kappa shape index (κ3) is 22.1. The minimum Gasteiger partial charge on any atom is -0.412 e. The van der Waals surface area contributed by atoms with Gasteiger partial charge >= 0.3 is 0 Å². The van der Waals surface area contributed by atoms with Crippen molar-refractivity contribution in [3.05, 3.63) is 109 Å². The molecule has 2 unspecified atom stereocenters. The minimum atomic E-state index is 0. The average molecular weight is 500 g/mol. The second-order valence-electron chi connectivity index (χ2n) is 8.83. The van der Waals surface area contributed by atoms with Gasteiger partial charge in [0.15, 0.2) is 0 Å². The van der Waals surface area contributed by atoms with Crippen LogP contribution in [0.4, 0.5) is 0 Å². The summed E-state index contributed by atoms with van der Waals surface area (Å²) in [7, 11) is 0. The van der Waals surface area contributed by atoms with Crippen molar-refractivity contribution in [3.8, 4) is 0 Å². The van der Waals surface area contributed by atoms with E-state index in [0.717, 1.165) is 51.4 Å². The van der Waals surface area contributed by atoms with Crippen molar-refractivity contribution in [1.29, 1.82) is 0 Å². The van der Waals surface area contributed by atoms with Crippen LogP contribution in [0.25, 0.3) is 0 Å². The number of allylic oxidation sites excluding steroid dienone is 12. The lowest BCUT2D eigenvalue weighted by molar-refractivity contribution is 0.454. The van der Waals surface area contributed by atoms with Crippen LogP contribution in [0.2, 0.25) is 0 Å². The molecule has 0 spiro atoms. The Hall–Kier alpha value is -2.42. The lowest BCUT2D eigenvalue weighted by Crippen LogP contribution is -2.00. The van der Waals surface area contributed by atoms with Crippen molar-refractivity contribution < 1.29 is 5.48 Å². The second kappa shape index (κ2) is 27.2. The quantitative estimate of drug-likeness (QED) is 0.237. The maximum Gasteiger partial charge on any atom is -0.0196 e. The van der Waals surface area contributed by atoms with Gasteiger partial charge in [-0.2, -0.15) is 0 Å². The fraction of sp³-hybridized carbons (Fsp3) is 0.471. The molecule has 5 N–H and O–H groups in total. The summed E-state index contributed by atoms with van der Waals surface area (Å²) < 4.78 is 0. The number of rotatable bonds is 14. The summed E-state index contributed by atoms with van der Waals surface area (Å²) in [6.45, 7) is 43.9. The molecule has 0 fully saturated rings. The molecule has 0 aromatic rings. The van der Waals surface area contributed by atoms with E-state index in [1.54, 1.807) is 0 Å². The molecule has 2 nitrogen and oxygen atoms in total. The molecule has 0 aromatic heterocycles. The maximum absolute atomic E-state index is 4.23. The van der Waals surface area contributed by atoms with Crippen molar-refractivity contribution in [2.75, 3.05) is 0 Å². The predicted octanol–water partition coefficient (Wildman–Crippen LogP) is 11.0. The Morgan fingerprint density at radius 2 is 1.19 bits per heavy atom. The highest BCUT2D eigenvalue weighted by molar-refractivity contribution is 5.54. The zero-order valence-electron chi connectivity index (χ0n) is 25.5. The van der Waals surface area contributed by atoms with Gasteiger partial charge in [-0.25, -0.2) is 0 Å². The van der Waals surface area contributed by atoms with Crippen molar-refractivity contribution in [3.63, 3.8) is 0 Å². The van der Waals surface area contributed by atoms with Gasteiger partial charge in [0.05, 0.1) is 0 Å². The SMILES string of the molecule is C=C(/C=C\C(=C)C(=C)/C(C)=C\C(=C)C(=C)/C=C\C(=C)C(C)CCC(C)CC)CC.CC.CCC.N.O. The van der Waals surface area contributed by atoms with Gasteiger partial charge in [-0.1, -0.05) is 156 Å². The molecule has 0 aromatic carbocycles. The summed E-state index contributed by atoms with van der Waals surface area (Å²) in [6.07, 6.45) is 15.9. The Bertz CT molecular complexity index is 758. The Balaban J connectivity index is -0.000000423. The fourth-order valence-electron chi connectivity index (χ4n) is 2.53. The summed E-state index contributed by atoms with van der Waals surface area (Å²) in [4.78, 5) is 0. The van der Waals surface area contributed by atoms with Gasteiger partial charge in [0.1, 0.15) is 0 Å². The summed E-state index contributed by atoms with van der Waals surface area (Å²) in [5, 5.41) is 0. The van der Waals surface area contributed by atoms with Gasteiger partial charge in [-0.15, -0.1) is 0 Å². The monoisotopic (exact) mass is 499 g/mol. The molecule has 2 heteroatoms. The molecular weight excluding hydrogens is 438 g/mol. The van der Waals surface area contributed by atoms with E-state index in [-0.39, 0.29) is 11.6 Å². The largest absolute Gasteiger partial charge is 0.412 e. The molecule has 0 saturated heterocycles. The zero-order chi connectivity index (χ0) is 27.3. The van der Waals surface area contributed by atoms with Crippen molar-refractivity contribution in [2.45, 2.75) is 94.4 Å². The molecule has 208 valence electrons. The van der Waals surface area contributed by atoms with Crippen molar-refractivity contribution >= 4 is 0 Å². The Kier molecular flexibility index (Phi) is 32.9. The van der Waals surface area contributed by atoms with Crippen LogP contribution < -0.4 is 6.15 Å². The molecule has 0 rings (SSSR count). The summed E-state index contributed by atoms with van der Waals surface area (Å²) in [5.74, 6) is 1.25. The predicted molar refractivity (Wildman–Crippen MR) is 171 cm³/mol. The molecule has 0 bridgehead atoms. The van der Waals surface area contributed by atoms with Crippen LogP contribution in [0.5, 0.6) is 0 Å². The Labute approximate surface area is 226 Å². The summed E-state index contributed by atoms with van der Waals surface area (Å²) >= 11 is 0. The maximum atomic E-state index is 4.23. The van der Waals surface area contributed by atoms with Gasteiger partial charge in [-0.3, -0.25) is 0 Å². The minimum absolute atomic E-state index is 0. The first-order valence-electron chi connectivity index (χ1n) is 13.1. The molecule has 0 heterocycles. The Morgan fingerprint density at radius 1 is 0.722 bits per heavy atom. The van der Waals surface area contributed by atoms with Gasteiger partial charge in [0.2, 0.25) is 0 Å². The zero-order valence-corrected chi connectivity index (χ0v) is 25.5. The summed E-state index contributed by atoms with van der Waals surface area (Å²) in [5.41, 5.74) is 6.77. The molecule has 0 aliphatic rings. The van der Waals surface area contributed by atoms with Gasteiger partial charge < -0.3 is 11.6 Å². The van der Waals surface area contributed by atoms with Crippen molar-refractivity contribution in [1.82, 2.24) is 6.15 Å². The van der Waals surface area contributed by atoms with Crippen LogP contribution >= 0.6 is 0 Å². The van der Waals surface area contributed by atoms with E-state index in [1.807, 2.05) is 45.1 Å². The van der Waals surface area contributed by atoms with Crippen LogP contribution in [0.1, 0.15) is 94.4 Å². The normalized spacial score (nSPS) is 12.0. The first kappa shape index (κ1) is 43.6. The van der Waals surface area contributed by atoms with Gasteiger partial charge in [0.25, 0.3) is 0 Å². The van der Waals surface area contributed by atoms with Gasteiger partial charge in [0, 0.05) is 0 Å². The lowest BCUT2D eigenvalue weighted by Gasteiger charge is -2.15. The van der Waals surface area contributed by atoms with E-state index in [4.69, 9.17) is 0 Å². The second-order valence-corrected chi connectivity index (χ2v) is 8.83. The Morgan fingerprint density at radius 3 is 1.64 bits per heavy atom. The summed E-state index contributed by atoms with van der Waals surface area (Å²) in [6, 6.07) is 0. The molecule has 0 amide bonds. The number of hydrogen-bond donors (Lipinski definition) is 1. The third-order valence-corrected chi connectivity index (χ3v) is 5.56. The van der Waals surface area contributed by atoms with Crippen LogP contribution in [0.15, 0.2) is 109 Å². The molecule has 0 radical (unpaired) electrons. The van der Waals surface area contributed by atoms with E-state index >= 15 is 0 Å². The van der Waals surface area contributed by atoms with Crippen LogP contribution in [0, 0.1) is 11.8 Å². The molecule has 2 atom stereocenters. The van der Waals surface area contributed by atoms with Crippen LogP contribution in [-0.2, 0) is 0 Å². The molecular formula is C34H61NO. The van der Waals surface area contributed by atoms with E-state index < -0.39 is 0 Å². The lowest BCUT2D eigenvalue weighted by atomic mass is 9.91. The average Bonchev–Trinajstić information content (AvgIpc) is 2.84. The van der Waals surface area contributed by atoms with E-state index in [9.17, 15) is 0 Å². The highest BCUT2D eigenvalue weighted by atomic mass is 16.0. The van der Waals surface area contributed by atoms with E-state index in [2.05, 4.69) is 87.1 Å². The standard InChI is InChI=1S/C29H42.C3H8.C2H6.H3N.H2O/c1-12-21(3)14-16-23(5)24(6)18-19-25(7)27(9)20-28(10)29(11)26(8)17-15-22(4)13-2;1-3-2;1-2;;/h15,17-21,23H,4,6-9,11-14,16H2,1-3,5,10H3;3H2,1-2H3;1-2H3;1H3;1H2/b17-15-,19-18-,28-20-;;;;. The molecule has 0 aliphatic heterocycles. The van der Waals surface area contributed by atoms with Crippen LogP contribution in [-0.4, -0.2) is 5.48 Å². The fourth-order valence-corrected chi connectivity index (χ4v) is 2.53. The smallest absolute Gasteiger partial charge is 0.0196 e. The highest BCUT2D eigenvalue weighted by Crippen LogP contribution is 2.23. The molecule has 0 saturated carbocycles. The van der Waals surface area contributed by atoms with Crippen molar-refractivity contribution in [2.24, 2.45) is 11.8 Å². The van der Waals surface area contributed by atoms with E-state index in [0.29, 0.717) is 5.92 Å². The third-order valence-electron chi connectivity index (χ3n) is 5.56. The molecule has 0 aliphatic carbocycles. The molecule has 36 heavy (non-hydrogen) atoms.